The zero-order valence-corrected chi connectivity index (χ0v) is 9.09. The van der Waals surface area contributed by atoms with Gasteiger partial charge in [-0.2, -0.15) is 0 Å². The normalized spacial score (nSPS) is 10.8. The van der Waals surface area contributed by atoms with Crippen LogP contribution >= 0.6 is 0 Å². The molecule has 1 aromatic heterocycles. The zero-order valence-electron chi connectivity index (χ0n) is 9.09. The van der Waals surface area contributed by atoms with Crippen molar-refractivity contribution in [1.82, 2.24) is 4.57 Å². The topological polar surface area (TPSA) is 4.93 Å². The van der Waals surface area contributed by atoms with Crippen molar-refractivity contribution in [3.8, 4) is 0 Å². The third kappa shape index (κ3) is 2.03. The predicted molar refractivity (Wildman–Crippen MR) is 58.8 cm³/mol. The molecule has 0 bridgehead atoms. The molecule has 0 saturated carbocycles. The van der Waals surface area contributed by atoms with E-state index < -0.39 is 0 Å². The van der Waals surface area contributed by atoms with Crippen molar-refractivity contribution < 1.29 is 0 Å². The summed E-state index contributed by atoms with van der Waals surface area (Å²) in [5.41, 5.74) is 3.93. The van der Waals surface area contributed by atoms with Gasteiger partial charge in [0.25, 0.3) is 0 Å². The fraction of sp³-hybridized carbons (Fsp3) is 0.500. The molecule has 13 heavy (non-hydrogen) atoms. The van der Waals surface area contributed by atoms with Crippen LogP contribution in [-0.4, -0.2) is 4.57 Å². The Labute approximate surface area is 81.1 Å². The van der Waals surface area contributed by atoms with Crippen LogP contribution < -0.4 is 0 Å². The largest absolute Gasteiger partial charge is 0.348 e. The maximum atomic E-state index is 3.81. The van der Waals surface area contributed by atoms with Crippen LogP contribution in [0.2, 0.25) is 0 Å². The number of rotatable bonds is 3. The molecule has 0 aromatic carbocycles. The van der Waals surface area contributed by atoms with Crippen LogP contribution in [0.5, 0.6) is 0 Å². The zero-order chi connectivity index (χ0) is 10.0. The Kier molecular flexibility index (Phi) is 2.97. The molecular formula is C12H19N. The molecule has 0 fully saturated rings. The van der Waals surface area contributed by atoms with Gasteiger partial charge in [0.15, 0.2) is 0 Å². The van der Waals surface area contributed by atoms with Crippen LogP contribution in [0.25, 0.3) is 6.08 Å². The second kappa shape index (κ2) is 3.82. The smallest absolute Gasteiger partial charge is 0.0247 e. The van der Waals surface area contributed by atoms with Crippen molar-refractivity contribution in [2.24, 2.45) is 5.92 Å². The lowest BCUT2D eigenvalue weighted by atomic mass is 10.2. The molecule has 0 aliphatic heterocycles. The van der Waals surface area contributed by atoms with E-state index in [1.807, 2.05) is 6.08 Å². The molecular weight excluding hydrogens is 158 g/mol. The molecule has 1 nitrogen and oxygen atoms in total. The minimum atomic E-state index is 0.697. The Balaban J connectivity index is 3.05. The summed E-state index contributed by atoms with van der Waals surface area (Å²) in [4.78, 5) is 0. The van der Waals surface area contributed by atoms with Gasteiger partial charge in [-0.1, -0.05) is 26.5 Å². The summed E-state index contributed by atoms with van der Waals surface area (Å²) < 4.78 is 2.36. The van der Waals surface area contributed by atoms with Crippen LogP contribution in [0.1, 0.15) is 30.8 Å². The number of aryl methyl sites for hydroxylation is 1. The Morgan fingerprint density at radius 3 is 2.46 bits per heavy atom. The molecule has 0 aliphatic carbocycles. The van der Waals surface area contributed by atoms with E-state index in [1.165, 1.54) is 17.0 Å². The molecule has 72 valence electrons. The summed E-state index contributed by atoms with van der Waals surface area (Å²) in [7, 11) is 0. The highest BCUT2D eigenvalue weighted by atomic mass is 15.0. The molecule has 0 spiro atoms. The van der Waals surface area contributed by atoms with Crippen molar-refractivity contribution in [3.63, 3.8) is 0 Å². The summed E-state index contributed by atoms with van der Waals surface area (Å²) in [5.74, 6) is 0.697. The van der Waals surface area contributed by atoms with Gasteiger partial charge in [0.05, 0.1) is 0 Å². The SMILES string of the molecule is C=Cc1cc(C)n(CC(C)C)c1C. The summed E-state index contributed by atoms with van der Waals surface area (Å²) in [6.07, 6.45) is 1.93. The lowest BCUT2D eigenvalue weighted by Gasteiger charge is -2.11. The molecule has 1 rings (SSSR count). The number of nitrogens with zero attached hydrogens (tertiary/aromatic N) is 1. The van der Waals surface area contributed by atoms with Gasteiger partial charge in [-0.05, 0) is 31.4 Å². The first-order chi connectivity index (χ1) is 6.06. The van der Waals surface area contributed by atoms with E-state index in [1.54, 1.807) is 0 Å². The van der Waals surface area contributed by atoms with Crippen molar-refractivity contribution >= 4 is 6.08 Å². The summed E-state index contributed by atoms with van der Waals surface area (Å²) in [5, 5.41) is 0. The summed E-state index contributed by atoms with van der Waals surface area (Å²) in [6.45, 7) is 13.7. The highest BCUT2D eigenvalue weighted by Crippen LogP contribution is 2.17. The van der Waals surface area contributed by atoms with Crippen molar-refractivity contribution in [2.45, 2.75) is 34.2 Å². The van der Waals surface area contributed by atoms with Gasteiger partial charge in [0.2, 0.25) is 0 Å². The predicted octanol–water partition coefficient (Wildman–Crippen LogP) is 3.40. The van der Waals surface area contributed by atoms with E-state index in [9.17, 15) is 0 Å². The maximum absolute atomic E-state index is 3.81. The van der Waals surface area contributed by atoms with Gasteiger partial charge in [0, 0.05) is 17.9 Å². The van der Waals surface area contributed by atoms with Gasteiger partial charge >= 0.3 is 0 Å². The van der Waals surface area contributed by atoms with E-state index in [2.05, 4.69) is 44.9 Å². The maximum Gasteiger partial charge on any atom is 0.0247 e. The van der Waals surface area contributed by atoms with Gasteiger partial charge < -0.3 is 4.57 Å². The molecule has 0 saturated heterocycles. The first kappa shape index (κ1) is 10.1. The van der Waals surface area contributed by atoms with Crippen LogP contribution in [0.4, 0.5) is 0 Å². The minimum absolute atomic E-state index is 0.697. The second-order valence-corrected chi connectivity index (χ2v) is 4.04. The molecule has 0 atom stereocenters. The van der Waals surface area contributed by atoms with Crippen molar-refractivity contribution in [3.05, 3.63) is 29.6 Å². The van der Waals surface area contributed by atoms with Gasteiger partial charge in [-0.3, -0.25) is 0 Å². The average Bonchev–Trinajstić information content (AvgIpc) is 2.31. The fourth-order valence-electron chi connectivity index (χ4n) is 1.68. The van der Waals surface area contributed by atoms with Gasteiger partial charge in [0.1, 0.15) is 0 Å². The van der Waals surface area contributed by atoms with E-state index in [-0.39, 0.29) is 0 Å². The van der Waals surface area contributed by atoms with Crippen molar-refractivity contribution in [2.75, 3.05) is 0 Å². The summed E-state index contributed by atoms with van der Waals surface area (Å²) >= 11 is 0. The number of aromatic nitrogens is 1. The lowest BCUT2D eigenvalue weighted by Crippen LogP contribution is -2.07. The molecule has 0 aliphatic rings. The van der Waals surface area contributed by atoms with Crippen LogP contribution in [-0.2, 0) is 6.54 Å². The fourth-order valence-corrected chi connectivity index (χ4v) is 1.68. The first-order valence-electron chi connectivity index (χ1n) is 4.85. The van der Waals surface area contributed by atoms with Crippen LogP contribution in [0.3, 0.4) is 0 Å². The Bertz CT molecular complexity index is 305. The van der Waals surface area contributed by atoms with Gasteiger partial charge in [-0.25, -0.2) is 0 Å². The lowest BCUT2D eigenvalue weighted by molar-refractivity contribution is 0.509. The highest BCUT2D eigenvalue weighted by Gasteiger charge is 2.07. The third-order valence-corrected chi connectivity index (χ3v) is 2.38. The van der Waals surface area contributed by atoms with E-state index >= 15 is 0 Å². The Hall–Kier alpha value is -0.980. The monoisotopic (exact) mass is 177 g/mol. The van der Waals surface area contributed by atoms with E-state index in [0.717, 1.165) is 6.54 Å². The Morgan fingerprint density at radius 1 is 1.46 bits per heavy atom. The quantitative estimate of drug-likeness (QED) is 0.667. The highest BCUT2D eigenvalue weighted by molar-refractivity contribution is 5.51. The molecule has 0 unspecified atom stereocenters. The first-order valence-corrected chi connectivity index (χ1v) is 4.85. The minimum Gasteiger partial charge on any atom is -0.348 e. The van der Waals surface area contributed by atoms with Crippen LogP contribution in [0, 0.1) is 19.8 Å². The third-order valence-electron chi connectivity index (χ3n) is 2.38. The second-order valence-electron chi connectivity index (χ2n) is 4.04. The van der Waals surface area contributed by atoms with Crippen molar-refractivity contribution in [1.29, 1.82) is 0 Å². The molecule has 1 heterocycles. The molecule has 1 heteroatoms. The molecule has 0 N–H and O–H groups in total. The number of hydrogen-bond acceptors (Lipinski definition) is 0. The molecule has 1 aromatic rings. The van der Waals surface area contributed by atoms with E-state index in [0.29, 0.717) is 5.92 Å². The number of hydrogen-bond donors (Lipinski definition) is 0. The molecule has 0 radical (unpaired) electrons. The van der Waals surface area contributed by atoms with Crippen LogP contribution in [0.15, 0.2) is 12.6 Å². The summed E-state index contributed by atoms with van der Waals surface area (Å²) in [6, 6.07) is 2.20. The van der Waals surface area contributed by atoms with Gasteiger partial charge in [-0.15, -0.1) is 0 Å². The standard InChI is InChI=1S/C12H19N/c1-6-12-7-10(4)13(11(12)5)8-9(2)3/h6-7,9H,1,8H2,2-5H3. The average molecular weight is 177 g/mol. The molecule has 0 amide bonds. The Morgan fingerprint density at radius 2 is 2.08 bits per heavy atom. The van der Waals surface area contributed by atoms with E-state index in [4.69, 9.17) is 0 Å².